The molecule has 0 aliphatic heterocycles. The van der Waals surface area contributed by atoms with Gasteiger partial charge in [-0.05, 0) is 43.4 Å². The van der Waals surface area contributed by atoms with Gasteiger partial charge in [0.05, 0.1) is 19.1 Å². The van der Waals surface area contributed by atoms with E-state index in [0.29, 0.717) is 23.0 Å². The first kappa shape index (κ1) is 14.3. The molecule has 0 bridgehead atoms. The standard InChI is InChI=1S/C15H14N4O2S/c1-2-20-12-7-4-3-6-11(12)10-16-19-14(17-18-15(19)22)13-8-5-9-21-13/h3-10H,2H2,1H3,(H,18,22)/b16-10+. The fourth-order valence-electron chi connectivity index (χ4n) is 1.96. The Labute approximate surface area is 132 Å². The summed E-state index contributed by atoms with van der Waals surface area (Å²) in [5.41, 5.74) is 0.859. The van der Waals surface area contributed by atoms with Crippen LogP contribution in [0.3, 0.4) is 0 Å². The third-order valence-corrected chi connectivity index (χ3v) is 3.19. The summed E-state index contributed by atoms with van der Waals surface area (Å²) in [6.07, 6.45) is 3.26. The molecular weight excluding hydrogens is 300 g/mol. The Hall–Kier alpha value is -2.67. The lowest BCUT2D eigenvalue weighted by Gasteiger charge is -2.05. The first-order valence-corrected chi connectivity index (χ1v) is 7.18. The molecule has 3 rings (SSSR count). The van der Waals surface area contributed by atoms with Crippen LogP contribution in [0.25, 0.3) is 11.6 Å². The summed E-state index contributed by atoms with van der Waals surface area (Å²) in [6, 6.07) is 11.2. The van der Waals surface area contributed by atoms with Crippen molar-refractivity contribution in [3.05, 3.63) is 53.0 Å². The molecule has 0 aliphatic rings. The lowest BCUT2D eigenvalue weighted by molar-refractivity contribution is 0.340. The number of rotatable bonds is 5. The van der Waals surface area contributed by atoms with Gasteiger partial charge in [0.1, 0.15) is 5.75 Å². The van der Waals surface area contributed by atoms with Gasteiger partial charge in [-0.15, -0.1) is 5.10 Å². The minimum atomic E-state index is 0.386. The van der Waals surface area contributed by atoms with Crippen molar-refractivity contribution >= 4 is 18.4 Å². The van der Waals surface area contributed by atoms with Crippen LogP contribution in [0, 0.1) is 4.77 Å². The van der Waals surface area contributed by atoms with E-state index < -0.39 is 0 Å². The average molecular weight is 314 g/mol. The van der Waals surface area contributed by atoms with Crippen molar-refractivity contribution in [2.45, 2.75) is 6.92 Å². The summed E-state index contributed by atoms with van der Waals surface area (Å²) in [6.45, 7) is 2.53. The molecule has 0 radical (unpaired) electrons. The molecule has 3 aromatic rings. The summed E-state index contributed by atoms with van der Waals surface area (Å²) in [5, 5.41) is 11.2. The number of aromatic amines is 1. The Morgan fingerprint density at radius 2 is 2.23 bits per heavy atom. The smallest absolute Gasteiger partial charge is 0.219 e. The van der Waals surface area contributed by atoms with Gasteiger partial charge >= 0.3 is 0 Å². The van der Waals surface area contributed by atoms with Crippen LogP contribution in [0.4, 0.5) is 0 Å². The molecule has 1 N–H and O–H groups in total. The van der Waals surface area contributed by atoms with E-state index in [2.05, 4.69) is 15.3 Å². The summed E-state index contributed by atoms with van der Waals surface area (Å²) >= 11 is 5.20. The molecule has 0 fully saturated rings. The monoisotopic (exact) mass is 314 g/mol. The molecule has 6 nitrogen and oxygen atoms in total. The highest BCUT2D eigenvalue weighted by Crippen LogP contribution is 2.19. The number of nitrogens with one attached hydrogen (secondary N) is 1. The lowest BCUT2D eigenvalue weighted by atomic mass is 10.2. The zero-order valence-electron chi connectivity index (χ0n) is 11.9. The maximum absolute atomic E-state index is 5.57. The maximum Gasteiger partial charge on any atom is 0.219 e. The number of benzene rings is 1. The second-order valence-corrected chi connectivity index (χ2v) is 4.74. The van der Waals surface area contributed by atoms with Gasteiger partial charge in [0, 0.05) is 5.56 Å². The molecule has 0 aliphatic carbocycles. The molecule has 22 heavy (non-hydrogen) atoms. The van der Waals surface area contributed by atoms with Crippen LogP contribution in [0.2, 0.25) is 0 Å². The van der Waals surface area contributed by atoms with Crippen LogP contribution in [-0.4, -0.2) is 27.7 Å². The van der Waals surface area contributed by atoms with Crippen molar-refractivity contribution in [1.29, 1.82) is 0 Å². The van der Waals surface area contributed by atoms with E-state index >= 15 is 0 Å². The second kappa shape index (κ2) is 6.40. The highest BCUT2D eigenvalue weighted by molar-refractivity contribution is 7.71. The van der Waals surface area contributed by atoms with Gasteiger partial charge in [0.15, 0.2) is 5.76 Å². The number of aromatic nitrogens is 3. The summed E-state index contributed by atoms with van der Waals surface area (Å²) in [4.78, 5) is 0. The third kappa shape index (κ3) is 2.84. The fourth-order valence-corrected chi connectivity index (χ4v) is 2.14. The number of hydrogen-bond donors (Lipinski definition) is 1. The normalized spacial score (nSPS) is 11.1. The zero-order valence-corrected chi connectivity index (χ0v) is 12.7. The molecule has 7 heteroatoms. The van der Waals surface area contributed by atoms with E-state index in [-0.39, 0.29) is 0 Å². The first-order valence-electron chi connectivity index (χ1n) is 6.77. The molecule has 0 spiro atoms. The molecule has 2 heterocycles. The lowest BCUT2D eigenvalue weighted by Crippen LogP contribution is -1.98. The number of ether oxygens (including phenoxy) is 1. The Balaban J connectivity index is 1.97. The molecule has 0 atom stereocenters. The molecular formula is C15H14N4O2S. The molecule has 2 aromatic heterocycles. The fraction of sp³-hybridized carbons (Fsp3) is 0.133. The van der Waals surface area contributed by atoms with E-state index in [1.807, 2.05) is 31.2 Å². The van der Waals surface area contributed by atoms with Crippen molar-refractivity contribution in [2.24, 2.45) is 5.10 Å². The number of nitrogens with zero attached hydrogens (tertiary/aromatic N) is 3. The first-order chi connectivity index (χ1) is 10.8. The van der Waals surface area contributed by atoms with Crippen LogP contribution in [-0.2, 0) is 0 Å². The van der Waals surface area contributed by atoms with Crippen molar-refractivity contribution < 1.29 is 9.15 Å². The van der Waals surface area contributed by atoms with Crippen LogP contribution in [0.1, 0.15) is 12.5 Å². The largest absolute Gasteiger partial charge is 0.493 e. The molecule has 0 unspecified atom stereocenters. The van der Waals surface area contributed by atoms with Gasteiger partial charge in [-0.1, -0.05) is 12.1 Å². The highest BCUT2D eigenvalue weighted by Gasteiger charge is 2.10. The Morgan fingerprint density at radius 1 is 1.36 bits per heavy atom. The predicted molar refractivity (Wildman–Crippen MR) is 85.7 cm³/mol. The number of H-pyrrole nitrogens is 1. The summed E-state index contributed by atoms with van der Waals surface area (Å²) in [7, 11) is 0. The van der Waals surface area contributed by atoms with Crippen molar-refractivity contribution in [3.63, 3.8) is 0 Å². The van der Waals surface area contributed by atoms with E-state index in [9.17, 15) is 0 Å². The topological polar surface area (TPSA) is 68.3 Å². The zero-order chi connectivity index (χ0) is 15.4. The van der Waals surface area contributed by atoms with Gasteiger partial charge < -0.3 is 9.15 Å². The van der Waals surface area contributed by atoms with E-state index in [1.165, 1.54) is 4.68 Å². The molecule has 1 aromatic carbocycles. The van der Waals surface area contributed by atoms with Crippen LogP contribution >= 0.6 is 12.2 Å². The second-order valence-electron chi connectivity index (χ2n) is 4.36. The van der Waals surface area contributed by atoms with Crippen LogP contribution in [0.5, 0.6) is 5.75 Å². The van der Waals surface area contributed by atoms with Gasteiger partial charge in [0.2, 0.25) is 10.6 Å². The maximum atomic E-state index is 5.57. The minimum Gasteiger partial charge on any atom is -0.493 e. The summed E-state index contributed by atoms with van der Waals surface area (Å²) in [5.74, 6) is 1.87. The molecule has 0 amide bonds. The predicted octanol–water partition coefficient (Wildman–Crippen LogP) is 3.48. The van der Waals surface area contributed by atoms with E-state index in [1.54, 1.807) is 24.6 Å². The average Bonchev–Trinajstić information content (AvgIpc) is 3.16. The van der Waals surface area contributed by atoms with Gasteiger partial charge in [-0.25, -0.2) is 5.10 Å². The van der Waals surface area contributed by atoms with Crippen LogP contribution < -0.4 is 4.74 Å². The highest BCUT2D eigenvalue weighted by atomic mass is 32.1. The molecule has 112 valence electrons. The van der Waals surface area contributed by atoms with E-state index in [0.717, 1.165) is 11.3 Å². The van der Waals surface area contributed by atoms with Gasteiger partial charge in [0.25, 0.3) is 0 Å². The number of furan rings is 1. The van der Waals surface area contributed by atoms with Gasteiger partial charge in [-0.2, -0.15) is 9.78 Å². The van der Waals surface area contributed by atoms with Gasteiger partial charge in [-0.3, -0.25) is 0 Å². The Kier molecular flexibility index (Phi) is 4.15. The summed E-state index contributed by atoms with van der Waals surface area (Å²) < 4.78 is 12.8. The van der Waals surface area contributed by atoms with E-state index in [4.69, 9.17) is 21.4 Å². The minimum absolute atomic E-state index is 0.386. The van der Waals surface area contributed by atoms with Crippen molar-refractivity contribution in [2.75, 3.05) is 6.61 Å². The van der Waals surface area contributed by atoms with Crippen LogP contribution in [0.15, 0.2) is 52.2 Å². The van der Waals surface area contributed by atoms with Crippen molar-refractivity contribution in [1.82, 2.24) is 14.9 Å². The Morgan fingerprint density at radius 3 is 3.00 bits per heavy atom. The third-order valence-electron chi connectivity index (χ3n) is 2.92. The molecule has 0 saturated carbocycles. The molecule has 0 saturated heterocycles. The van der Waals surface area contributed by atoms with Crippen molar-refractivity contribution in [3.8, 4) is 17.3 Å². The Bertz CT molecular complexity index is 833. The number of hydrogen-bond acceptors (Lipinski definition) is 5. The quantitative estimate of drug-likeness (QED) is 0.578. The number of para-hydroxylation sites is 1. The SMILES string of the molecule is CCOc1ccccc1/C=N/n1c(-c2ccco2)n[nH]c1=S.